The van der Waals surface area contributed by atoms with Crippen molar-refractivity contribution in [2.45, 2.75) is 105 Å². The first kappa shape index (κ1) is 54.1. The lowest BCUT2D eigenvalue weighted by atomic mass is 9.90. The van der Waals surface area contributed by atoms with E-state index in [0.29, 0.717) is 131 Å². The van der Waals surface area contributed by atoms with E-state index in [9.17, 15) is 4.79 Å². The molecule has 4 aromatic carbocycles. The molecule has 4 atom stereocenters. The van der Waals surface area contributed by atoms with Crippen molar-refractivity contribution in [3.8, 4) is 46.0 Å². The number of ketones is 1. The first-order valence-corrected chi connectivity index (χ1v) is 25.7. The minimum absolute atomic E-state index is 0.223. The second-order valence-electron chi connectivity index (χ2n) is 18.0. The molecule has 0 aromatic heterocycles. The standard InChI is InChI=1S/C57H78O13/c1-9-39(5)45-34-48(42(8)12-4)57-53(37-45)67-29-21-59-17-25-63-49-15-13-44(36-52(49)66-28-20-62-24-32-70-57)55(58)43-14-16-50-51(35-43)65-27-19-60-22-30-68-54-38-46(40(6)10-2)33-47(41(7)11-3)56(54)69-31-23-61-18-26-64-50/h13-16,33-42H,9-12,17-32H2,1-8H3/t39-,40-,41+,42+/m0/s1. The third kappa shape index (κ3) is 15.4. The number of hydrogen-bond donors (Lipinski definition) is 0. The lowest BCUT2D eigenvalue weighted by molar-refractivity contribution is 0.0636. The number of rotatable bonds is 10. The molecule has 13 heteroatoms. The van der Waals surface area contributed by atoms with Gasteiger partial charge in [-0.25, -0.2) is 0 Å². The van der Waals surface area contributed by atoms with Crippen LogP contribution < -0.4 is 37.9 Å². The fourth-order valence-electron chi connectivity index (χ4n) is 8.03. The van der Waals surface area contributed by atoms with E-state index in [-0.39, 0.29) is 38.1 Å². The zero-order chi connectivity index (χ0) is 49.7. The Balaban J connectivity index is 1.10. The molecule has 0 fully saturated rings. The topological polar surface area (TPSA) is 128 Å². The van der Waals surface area contributed by atoms with Crippen LogP contribution in [0.1, 0.15) is 143 Å². The molecule has 0 N–H and O–H groups in total. The molecule has 4 aromatic rings. The Morgan fingerprint density at radius 1 is 0.357 bits per heavy atom. The molecule has 0 amide bonds. The molecular formula is C57H78O13. The highest BCUT2D eigenvalue weighted by Crippen LogP contribution is 2.42. The maximum Gasteiger partial charge on any atom is 0.193 e. The van der Waals surface area contributed by atoms with Crippen LogP contribution in [0.2, 0.25) is 0 Å². The van der Waals surface area contributed by atoms with Crippen LogP contribution >= 0.6 is 0 Å². The molecule has 384 valence electrons. The van der Waals surface area contributed by atoms with Crippen LogP contribution in [0.4, 0.5) is 0 Å². The number of carbonyl (C=O) groups is 1. The van der Waals surface area contributed by atoms with Gasteiger partial charge in [-0.3, -0.25) is 4.79 Å². The summed E-state index contributed by atoms with van der Waals surface area (Å²) >= 11 is 0. The molecule has 0 aliphatic carbocycles. The molecule has 2 aliphatic rings. The predicted molar refractivity (Wildman–Crippen MR) is 271 cm³/mol. The summed E-state index contributed by atoms with van der Waals surface area (Å²) in [5.41, 5.74) is 5.58. The molecule has 2 heterocycles. The normalized spacial score (nSPS) is 17.8. The van der Waals surface area contributed by atoms with E-state index >= 15 is 0 Å². The van der Waals surface area contributed by atoms with Crippen LogP contribution in [-0.4, -0.2) is 111 Å². The van der Waals surface area contributed by atoms with E-state index in [1.165, 1.54) is 11.1 Å². The molecule has 0 saturated carbocycles. The van der Waals surface area contributed by atoms with Gasteiger partial charge in [-0.05, 0) is 109 Å². The van der Waals surface area contributed by atoms with Crippen molar-refractivity contribution in [2.24, 2.45) is 0 Å². The predicted octanol–water partition coefficient (Wildman–Crippen LogP) is 11.5. The Kier molecular flexibility index (Phi) is 22.1. The third-order valence-corrected chi connectivity index (χ3v) is 13.1. The Hall–Kier alpha value is -5.21. The molecular weight excluding hydrogens is 893 g/mol. The number of hydrogen-bond acceptors (Lipinski definition) is 13. The molecule has 0 saturated heterocycles. The average molecular weight is 971 g/mol. The number of ether oxygens (including phenoxy) is 12. The van der Waals surface area contributed by atoms with Gasteiger partial charge >= 0.3 is 0 Å². The fraction of sp³-hybridized carbons (Fsp3) is 0.561. The summed E-state index contributed by atoms with van der Waals surface area (Å²) in [5.74, 6) is 5.89. The summed E-state index contributed by atoms with van der Waals surface area (Å²) in [4.78, 5) is 14.1. The van der Waals surface area contributed by atoms with Crippen LogP contribution in [0, 0.1) is 0 Å². The molecule has 0 radical (unpaired) electrons. The summed E-state index contributed by atoms with van der Waals surface area (Å²) in [7, 11) is 0. The van der Waals surface area contributed by atoms with Gasteiger partial charge < -0.3 is 56.8 Å². The minimum Gasteiger partial charge on any atom is -0.487 e. The van der Waals surface area contributed by atoms with Gasteiger partial charge in [0, 0.05) is 22.3 Å². The zero-order valence-corrected chi connectivity index (χ0v) is 43.0. The van der Waals surface area contributed by atoms with E-state index in [2.05, 4.69) is 79.7 Å². The van der Waals surface area contributed by atoms with Crippen molar-refractivity contribution in [3.63, 3.8) is 0 Å². The smallest absolute Gasteiger partial charge is 0.193 e. The van der Waals surface area contributed by atoms with Crippen molar-refractivity contribution < 1.29 is 61.6 Å². The van der Waals surface area contributed by atoms with Crippen molar-refractivity contribution in [1.29, 1.82) is 0 Å². The molecule has 13 nitrogen and oxygen atoms in total. The SMILES string of the molecule is CC[C@@H](C)c1cc([C@@H](C)CC)cc2c1OCCOCCOc1ccc(C(=O)c3ccc4c(c3)OCCOCCOc3c(cc([C@@H](C)CC)cc3[C@H](C)CC)OCCOCCO4)cc1OCCOCCO2. The first-order valence-electron chi connectivity index (χ1n) is 25.7. The molecule has 2 aliphatic heterocycles. The number of carbonyl (C=O) groups excluding carboxylic acids is 1. The highest BCUT2D eigenvalue weighted by molar-refractivity contribution is 6.09. The Morgan fingerprint density at radius 2 is 0.657 bits per heavy atom. The quantitative estimate of drug-likeness (QED) is 0.140. The van der Waals surface area contributed by atoms with Gasteiger partial charge in [0.05, 0.1) is 52.9 Å². The van der Waals surface area contributed by atoms with Gasteiger partial charge in [-0.15, -0.1) is 0 Å². The van der Waals surface area contributed by atoms with E-state index < -0.39 is 0 Å². The van der Waals surface area contributed by atoms with E-state index in [0.717, 1.165) is 59.8 Å². The third-order valence-electron chi connectivity index (χ3n) is 13.1. The maximum atomic E-state index is 14.1. The summed E-state index contributed by atoms with van der Waals surface area (Å²) in [6.45, 7) is 22.7. The molecule has 70 heavy (non-hydrogen) atoms. The Labute approximate surface area is 416 Å². The zero-order valence-electron chi connectivity index (χ0n) is 43.0. The van der Waals surface area contributed by atoms with Crippen molar-refractivity contribution in [3.05, 3.63) is 94.0 Å². The highest BCUT2D eigenvalue weighted by Gasteiger charge is 2.23. The molecule has 0 unspecified atom stereocenters. The lowest BCUT2D eigenvalue weighted by Gasteiger charge is -2.23. The van der Waals surface area contributed by atoms with E-state index in [4.69, 9.17) is 56.8 Å². The van der Waals surface area contributed by atoms with Crippen LogP contribution in [0.3, 0.4) is 0 Å². The second kappa shape index (κ2) is 28.6. The lowest BCUT2D eigenvalue weighted by Crippen LogP contribution is -2.17. The largest absolute Gasteiger partial charge is 0.487 e. The minimum atomic E-state index is -0.230. The van der Waals surface area contributed by atoms with Gasteiger partial charge in [-0.1, -0.05) is 67.5 Å². The number of fused-ring (bicyclic) bond motifs is 4. The summed E-state index contributed by atoms with van der Waals surface area (Å²) in [6, 6.07) is 19.1. The Morgan fingerprint density at radius 3 is 0.986 bits per heavy atom. The van der Waals surface area contributed by atoms with Gasteiger partial charge in [0.25, 0.3) is 0 Å². The maximum absolute atomic E-state index is 14.1. The van der Waals surface area contributed by atoms with E-state index in [1.54, 1.807) is 36.4 Å². The number of benzene rings is 4. The average Bonchev–Trinajstić information content (AvgIpc) is 3.38. The van der Waals surface area contributed by atoms with Gasteiger partial charge in [0.1, 0.15) is 52.9 Å². The molecule has 6 rings (SSSR count). The van der Waals surface area contributed by atoms with Crippen LogP contribution in [0.15, 0.2) is 60.7 Å². The highest BCUT2D eigenvalue weighted by atomic mass is 16.6. The summed E-state index contributed by atoms with van der Waals surface area (Å²) in [5, 5.41) is 0. The van der Waals surface area contributed by atoms with Crippen LogP contribution in [0.5, 0.6) is 46.0 Å². The first-order chi connectivity index (χ1) is 34.1. The molecule has 0 bridgehead atoms. The van der Waals surface area contributed by atoms with Gasteiger partial charge in [0.15, 0.2) is 51.8 Å². The molecule has 0 spiro atoms. The van der Waals surface area contributed by atoms with Crippen molar-refractivity contribution in [2.75, 3.05) is 106 Å². The summed E-state index contributed by atoms with van der Waals surface area (Å²) < 4.78 is 74.0. The van der Waals surface area contributed by atoms with Gasteiger partial charge in [-0.2, -0.15) is 0 Å². The summed E-state index contributed by atoms with van der Waals surface area (Å²) in [6.07, 6.45) is 3.99. The van der Waals surface area contributed by atoms with Crippen molar-refractivity contribution in [1.82, 2.24) is 0 Å². The second-order valence-corrected chi connectivity index (χ2v) is 18.0. The van der Waals surface area contributed by atoms with Crippen LogP contribution in [-0.2, 0) is 18.9 Å². The van der Waals surface area contributed by atoms with Crippen molar-refractivity contribution >= 4 is 5.78 Å². The van der Waals surface area contributed by atoms with E-state index in [1.807, 2.05) is 0 Å². The van der Waals surface area contributed by atoms with Crippen LogP contribution in [0.25, 0.3) is 0 Å². The monoisotopic (exact) mass is 971 g/mol. The van der Waals surface area contributed by atoms with Gasteiger partial charge in [0.2, 0.25) is 0 Å². The Bertz CT molecular complexity index is 2230. The fourth-order valence-corrected chi connectivity index (χ4v) is 8.03.